The zero-order valence-electron chi connectivity index (χ0n) is 19.5. The predicted molar refractivity (Wildman–Crippen MR) is 127 cm³/mol. The van der Waals surface area contributed by atoms with E-state index in [-0.39, 0.29) is 6.10 Å². The van der Waals surface area contributed by atoms with Crippen molar-refractivity contribution in [2.45, 2.75) is 89.7 Å². The van der Waals surface area contributed by atoms with Gasteiger partial charge in [-0.25, -0.2) is 15.0 Å². The van der Waals surface area contributed by atoms with E-state index in [9.17, 15) is 5.11 Å². The van der Waals surface area contributed by atoms with Crippen LogP contribution in [-0.2, 0) is 6.42 Å². The van der Waals surface area contributed by atoms with Crippen LogP contribution in [0.15, 0.2) is 12.4 Å². The van der Waals surface area contributed by atoms with Crippen LogP contribution < -0.4 is 10.2 Å². The number of aliphatic hydroxyl groups excluding tert-OH is 1. The van der Waals surface area contributed by atoms with E-state index in [0.717, 1.165) is 80.6 Å². The molecule has 3 heterocycles. The lowest BCUT2D eigenvalue weighted by Crippen LogP contribution is -2.41. The molecule has 31 heavy (non-hydrogen) atoms. The molecule has 0 amide bonds. The Bertz CT molecular complexity index is 856. The summed E-state index contributed by atoms with van der Waals surface area (Å²) in [5.41, 5.74) is 2.35. The van der Waals surface area contributed by atoms with Gasteiger partial charge in [-0.05, 0) is 57.4 Å². The monoisotopic (exact) mass is 425 g/mol. The molecule has 0 radical (unpaired) electrons. The molecule has 1 unspecified atom stereocenters. The van der Waals surface area contributed by atoms with Gasteiger partial charge in [-0.3, -0.25) is 0 Å². The molecule has 6 heteroatoms. The van der Waals surface area contributed by atoms with Gasteiger partial charge in [-0.15, -0.1) is 0 Å². The van der Waals surface area contributed by atoms with E-state index in [4.69, 9.17) is 15.0 Å². The molecule has 1 aliphatic heterocycles. The van der Waals surface area contributed by atoms with Crippen molar-refractivity contribution in [3.63, 3.8) is 0 Å². The van der Waals surface area contributed by atoms with Crippen LogP contribution in [0.1, 0.15) is 82.5 Å². The number of hydrogen-bond donors (Lipinski definition) is 2. The number of nitrogens with one attached hydrogen (secondary N) is 1. The molecule has 1 aliphatic carbocycles. The van der Waals surface area contributed by atoms with Crippen molar-refractivity contribution < 1.29 is 5.11 Å². The van der Waals surface area contributed by atoms with Crippen LogP contribution in [0.2, 0.25) is 0 Å². The Morgan fingerprint density at radius 2 is 1.84 bits per heavy atom. The molecule has 1 saturated heterocycles. The Morgan fingerprint density at radius 3 is 2.52 bits per heavy atom. The van der Waals surface area contributed by atoms with Crippen LogP contribution in [0.3, 0.4) is 0 Å². The maximum Gasteiger partial charge on any atom is 0.139 e. The van der Waals surface area contributed by atoms with E-state index in [1.165, 1.54) is 18.4 Å². The van der Waals surface area contributed by atoms with Crippen molar-refractivity contribution in [1.82, 2.24) is 20.3 Å². The molecule has 2 aliphatic rings. The lowest BCUT2D eigenvalue weighted by atomic mass is 9.82. The maximum atomic E-state index is 9.98. The first-order chi connectivity index (χ1) is 15.1. The van der Waals surface area contributed by atoms with Gasteiger partial charge >= 0.3 is 0 Å². The van der Waals surface area contributed by atoms with Gasteiger partial charge in [-0.1, -0.05) is 26.7 Å². The Balaban J connectivity index is 1.68. The smallest absolute Gasteiger partial charge is 0.139 e. The number of anilines is 1. The average molecular weight is 426 g/mol. The molecule has 0 spiro atoms. The van der Waals surface area contributed by atoms with Crippen LogP contribution in [0.4, 0.5) is 5.82 Å². The predicted octanol–water partition coefficient (Wildman–Crippen LogP) is 4.21. The summed E-state index contributed by atoms with van der Waals surface area (Å²) >= 11 is 0. The number of rotatable bonds is 7. The van der Waals surface area contributed by atoms with Crippen LogP contribution in [0.25, 0.3) is 10.9 Å². The highest BCUT2D eigenvalue weighted by atomic mass is 16.3. The fourth-order valence-corrected chi connectivity index (χ4v) is 5.39. The van der Waals surface area contributed by atoms with Crippen molar-refractivity contribution in [1.29, 1.82) is 0 Å². The van der Waals surface area contributed by atoms with Gasteiger partial charge in [0.25, 0.3) is 0 Å². The molecule has 2 fully saturated rings. The van der Waals surface area contributed by atoms with Gasteiger partial charge in [-0.2, -0.15) is 0 Å². The number of hydrogen-bond acceptors (Lipinski definition) is 6. The fraction of sp³-hybridized carbons (Fsp3) is 0.720. The molecule has 6 nitrogen and oxygen atoms in total. The molecule has 170 valence electrons. The van der Waals surface area contributed by atoms with E-state index in [1.54, 1.807) is 0 Å². The average Bonchev–Trinajstić information content (AvgIpc) is 2.79. The van der Waals surface area contributed by atoms with Gasteiger partial charge in [0, 0.05) is 43.5 Å². The van der Waals surface area contributed by atoms with Gasteiger partial charge in [0.15, 0.2) is 0 Å². The lowest BCUT2D eigenvalue weighted by Gasteiger charge is -2.33. The van der Waals surface area contributed by atoms with Crippen molar-refractivity contribution in [2.24, 2.45) is 5.92 Å². The third kappa shape index (κ3) is 5.17. The zero-order valence-corrected chi connectivity index (χ0v) is 19.5. The third-order valence-corrected chi connectivity index (χ3v) is 7.33. The number of piperidine rings is 1. The molecule has 0 bridgehead atoms. The summed E-state index contributed by atoms with van der Waals surface area (Å²) < 4.78 is 0. The summed E-state index contributed by atoms with van der Waals surface area (Å²) in [7, 11) is 2.05. The molecule has 2 aromatic heterocycles. The zero-order chi connectivity index (χ0) is 21.8. The summed E-state index contributed by atoms with van der Waals surface area (Å²) in [5, 5.41) is 14.5. The number of pyridine rings is 1. The summed E-state index contributed by atoms with van der Waals surface area (Å²) in [6.45, 7) is 6.56. The Kier molecular flexibility index (Phi) is 7.39. The number of aliphatic hydroxyl groups is 1. The van der Waals surface area contributed by atoms with E-state index in [2.05, 4.69) is 37.3 Å². The second-order valence-electron chi connectivity index (χ2n) is 9.74. The molecule has 0 aromatic carbocycles. The Labute approximate surface area is 186 Å². The van der Waals surface area contributed by atoms with Crippen molar-refractivity contribution >= 4 is 16.7 Å². The van der Waals surface area contributed by atoms with Crippen LogP contribution in [-0.4, -0.2) is 52.3 Å². The summed E-state index contributed by atoms with van der Waals surface area (Å²) in [5.74, 6) is 3.02. The fourth-order valence-electron chi connectivity index (χ4n) is 5.39. The first-order valence-electron chi connectivity index (χ1n) is 12.3. The third-order valence-electron chi connectivity index (χ3n) is 7.33. The number of fused-ring (bicyclic) bond motifs is 1. The van der Waals surface area contributed by atoms with Gasteiger partial charge in [0.2, 0.25) is 0 Å². The Morgan fingerprint density at radius 1 is 1.10 bits per heavy atom. The molecule has 2 N–H and O–H groups in total. The van der Waals surface area contributed by atoms with E-state index in [0.29, 0.717) is 17.9 Å². The second kappa shape index (κ2) is 10.2. The summed E-state index contributed by atoms with van der Waals surface area (Å²) in [4.78, 5) is 17.3. The minimum atomic E-state index is -0.150. The van der Waals surface area contributed by atoms with Gasteiger partial charge < -0.3 is 15.3 Å². The highest BCUT2D eigenvalue weighted by Gasteiger charge is 2.26. The first-order valence-corrected chi connectivity index (χ1v) is 12.3. The molecular weight excluding hydrogens is 386 g/mol. The quantitative estimate of drug-likeness (QED) is 0.692. The highest BCUT2D eigenvalue weighted by molar-refractivity contribution is 5.91. The van der Waals surface area contributed by atoms with Crippen molar-refractivity contribution in [3.8, 4) is 0 Å². The molecule has 1 atom stereocenters. The van der Waals surface area contributed by atoms with Crippen molar-refractivity contribution in [3.05, 3.63) is 23.8 Å². The van der Waals surface area contributed by atoms with E-state index < -0.39 is 0 Å². The van der Waals surface area contributed by atoms with E-state index >= 15 is 0 Å². The minimum Gasteiger partial charge on any atom is -0.393 e. The first kappa shape index (κ1) is 22.4. The standard InChI is InChI=1S/C25H39N5O/c1-4-5-17(2)14-23-27-16-22-24(29-23)21(18-6-8-20(31)9-7-18)15-28-25(22)30-12-10-19(26-3)11-13-30/h15-20,26,31H,4-14H2,1-3H3. The van der Waals surface area contributed by atoms with Gasteiger partial charge in [0.1, 0.15) is 11.6 Å². The Hall–Kier alpha value is -1.79. The second-order valence-corrected chi connectivity index (χ2v) is 9.74. The van der Waals surface area contributed by atoms with Gasteiger partial charge in [0.05, 0.1) is 17.0 Å². The summed E-state index contributed by atoms with van der Waals surface area (Å²) in [6, 6.07) is 0.596. The highest BCUT2D eigenvalue weighted by Crippen LogP contribution is 2.38. The SMILES string of the molecule is CCCC(C)Cc1ncc2c(N3CCC(NC)CC3)ncc(C3CCC(O)CC3)c2n1. The van der Waals surface area contributed by atoms with Crippen LogP contribution in [0.5, 0.6) is 0 Å². The largest absolute Gasteiger partial charge is 0.393 e. The minimum absolute atomic E-state index is 0.150. The number of nitrogens with zero attached hydrogens (tertiary/aromatic N) is 4. The van der Waals surface area contributed by atoms with Crippen LogP contribution >= 0.6 is 0 Å². The van der Waals surface area contributed by atoms with Crippen molar-refractivity contribution in [2.75, 3.05) is 25.0 Å². The summed E-state index contributed by atoms with van der Waals surface area (Å²) in [6.07, 6.45) is 13.3. The molecule has 1 saturated carbocycles. The number of aromatic nitrogens is 3. The van der Waals surface area contributed by atoms with Crippen LogP contribution in [0, 0.1) is 5.92 Å². The topological polar surface area (TPSA) is 74.2 Å². The maximum absolute atomic E-state index is 9.98. The lowest BCUT2D eigenvalue weighted by molar-refractivity contribution is 0.122. The van der Waals surface area contributed by atoms with E-state index in [1.807, 2.05) is 6.20 Å². The normalized spacial score (nSPS) is 23.9. The molecule has 4 rings (SSSR count). The molecule has 2 aromatic rings. The molecular formula is C25H39N5O.